The smallest absolute Gasteiger partial charge is 0.225 e. The van der Waals surface area contributed by atoms with Gasteiger partial charge in [-0.25, -0.2) is 8.42 Å². The number of ether oxygens (including phenoxy) is 1. The summed E-state index contributed by atoms with van der Waals surface area (Å²) in [7, 11) is -1.58. The van der Waals surface area contributed by atoms with Crippen LogP contribution in [0.25, 0.3) is 0 Å². The van der Waals surface area contributed by atoms with E-state index in [4.69, 9.17) is 4.74 Å². The van der Waals surface area contributed by atoms with Gasteiger partial charge in [0.2, 0.25) is 5.91 Å². The van der Waals surface area contributed by atoms with E-state index in [1.807, 2.05) is 0 Å². The van der Waals surface area contributed by atoms with Gasteiger partial charge in [0.25, 0.3) is 0 Å². The van der Waals surface area contributed by atoms with Crippen LogP contribution < -0.4 is 10.1 Å². The van der Waals surface area contributed by atoms with Gasteiger partial charge in [-0.1, -0.05) is 6.07 Å². The molecular weight excluding hydrogens is 242 g/mol. The summed E-state index contributed by atoms with van der Waals surface area (Å²) in [6.45, 7) is 0. The van der Waals surface area contributed by atoms with Crippen LogP contribution in [0.1, 0.15) is 6.42 Å². The molecule has 0 bridgehead atoms. The van der Waals surface area contributed by atoms with E-state index in [0.29, 0.717) is 11.4 Å². The summed E-state index contributed by atoms with van der Waals surface area (Å²) in [5.74, 6) is 0.151. The number of amides is 1. The fourth-order valence-corrected chi connectivity index (χ4v) is 1.76. The minimum absolute atomic E-state index is 0.0456. The van der Waals surface area contributed by atoms with Crippen molar-refractivity contribution in [2.45, 2.75) is 6.42 Å². The Labute approximate surface area is 101 Å². The second-order valence-corrected chi connectivity index (χ2v) is 5.92. The lowest BCUT2D eigenvalue weighted by Gasteiger charge is -2.06. The normalized spacial score (nSPS) is 10.9. The van der Waals surface area contributed by atoms with Crippen molar-refractivity contribution in [3.8, 4) is 5.75 Å². The summed E-state index contributed by atoms with van der Waals surface area (Å²) < 4.78 is 26.8. The highest BCUT2D eigenvalue weighted by atomic mass is 32.2. The minimum atomic E-state index is -3.11. The lowest BCUT2D eigenvalue weighted by molar-refractivity contribution is -0.115. The molecule has 0 aliphatic rings. The molecule has 0 unspecified atom stereocenters. The number of rotatable bonds is 5. The van der Waals surface area contributed by atoms with Gasteiger partial charge in [-0.2, -0.15) is 0 Å². The highest BCUT2D eigenvalue weighted by Gasteiger charge is 2.08. The molecule has 0 radical (unpaired) electrons. The standard InChI is InChI=1S/C11H15NO4S/c1-16-10-5-3-4-9(8-10)12-11(13)6-7-17(2,14)15/h3-5,8H,6-7H2,1-2H3,(H,12,13). The molecule has 0 spiro atoms. The quantitative estimate of drug-likeness (QED) is 0.856. The summed E-state index contributed by atoms with van der Waals surface area (Å²) in [5.41, 5.74) is 0.586. The Bertz CT molecular complexity index is 496. The molecule has 0 heterocycles. The van der Waals surface area contributed by atoms with Gasteiger partial charge in [-0.05, 0) is 12.1 Å². The summed E-state index contributed by atoms with van der Waals surface area (Å²) in [6, 6.07) is 6.87. The van der Waals surface area contributed by atoms with E-state index in [0.717, 1.165) is 6.26 Å². The van der Waals surface area contributed by atoms with Gasteiger partial charge in [0.15, 0.2) is 0 Å². The first-order chi connectivity index (χ1) is 7.90. The molecule has 1 aromatic rings. The van der Waals surface area contributed by atoms with Gasteiger partial charge in [0.1, 0.15) is 15.6 Å². The molecule has 0 saturated carbocycles. The lowest BCUT2D eigenvalue weighted by Crippen LogP contribution is -2.16. The molecule has 6 heteroatoms. The van der Waals surface area contributed by atoms with Gasteiger partial charge in [0, 0.05) is 24.4 Å². The van der Waals surface area contributed by atoms with E-state index in [9.17, 15) is 13.2 Å². The summed E-state index contributed by atoms with van der Waals surface area (Å²) in [4.78, 5) is 11.4. The highest BCUT2D eigenvalue weighted by Crippen LogP contribution is 2.16. The number of sulfone groups is 1. The number of benzene rings is 1. The zero-order valence-corrected chi connectivity index (χ0v) is 10.6. The van der Waals surface area contributed by atoms with Crippen molar-refractivity contribution in [1.29, 1.82) is 0 Å². The van der Waals surface area contributed by atoms with Crippen molar-refractivity contribution >= 4 is 21.4 Å². The number of carbonyl (C=O) groups is 1. The van der Waals surface area contributed by atoms with Crippen LogP contribution in [0.3, 0.4) is 0 Å². The maximum absolute atomic E-state index is 11.4. The van der Waals surface area contributed by atoms with Gasteiger partial charge in [-0.15, -0.1) is 0 Å². The topological polar surface area (TPSA) is 72.5 Å². The molecule has 0 saturated heterocycles. The molecule has 1 aromatic carbocycles. The second kappa shape index (κ2) is 5.67. The minimum Gasteiger partial charge on any atom is -0.497 e. The average molecular weight is 257 g/mol. The average Bonchev–Trinajstić information content (AvgIpc) is 2.26. The molecule has 0 fully saturated rings. The Hall–Kier alpha value is -1.56. The molecule has 17 heavy (non-hydrogen) atoms. The molecule has 0 aromatic heterocycles. The predicted octanol–water partition coefficient (Wildman–Crippen LogP) is 1.07. The van der Waals surface area contributed by atoms with Crippen LogP contribution in [-0.4, -0.2) is 33.4 Å². The molecule has 5 nitrogen and oxygen atoms in total. The number of hydrogen-bond donors (Lipinski definition) is 1. The van der Waals surface area contributed by atoms with Crippen molar-refractivity contribution < 1.29 is 17.9 Å². The van der Waals surface area contributed by atoms with Crippen molar-refractivity contribution in [3.05, 3.63) is 24.3 Å². The van der Waals surface area contributed by atoms with Crippen LogP contribution >= 0.6 is 0 Å². The Morgan fingerprint density at radius 3 is 2.71 bits per heavy atom. The van der Waals surface area contributed by atoms with Crippen molar-refractivity contribution in [1.82, 2.24) is 0 Å². The number of methoxy groups -OCH3 is 1. The molecule has 0 atom stereocenters. The van der Waals surface area contributed by atoms with Crippen LogP contribution in [0.2, 0.25) is 0 Å². The molecular formula is C11H15NO4S. The number of hydrogen-bond acceptors (Lipinski definition) is 4. The van der Waals surface area contributed by atoms with Crippen molar-refractivity contribution in [2.75, 3.05) is 24.4 Å². The van der Waals surface area contributed by atoms with Gasteiger partial charge >= 0.3 is 0 Å². The van der Waals surface area contributed by atoms with Gasteiger partial charge in [-0.3, -0.25) is 4.79 Å². The van der Waals surface area contributed by atoms with Crippen LogP contribution in [0, 0.1) is 0 Å². The van der Waals surface area contributed by atoms with Crippen LogP contribution in [0.15, 0.2) is 24.3 Å². The first-order valence-electron chi connectivity index (χ1n) is 5.02. The third kappa shape index (κ3) is 5.35. The summed E-state index contributed by atoms with van der Waals surface area (Å²) >= 11 is 0. The fraction of sp³-hybridized carbons (Fsp3) is 0.364. The van der Waals surface area contributed by atoms with Crippen LogP contribution in [0.5, 0.6) is 5.75 Å². The third-order valence-corrected chi connectivity index (χ3v) is 3.00. The maximum Gasteiger partial charge on any atom is 0.225 e. The Morgan fingerprint density at radius 2 is 2.12 bits per heavy atom. The van der Waals surface area contributed by atoms with Crippen LogP contribution in [-0.2, 0) is 14.6 Å². The molecule has 0 aliphatic carbocycles. The van der Waals surface area contributed by atoms with Gasteiger partial charge in [0.05, 0.1) is 12.9 Å². The molecule has 1 N–H and O–H groups in total. The number of anilines is 1. The van der Waals surface area contributed by atoms with E-state index in [-0.39, 0.29) is 18.1 Å². The van der Waals surface area contributed by atoms with E-state index in [2.05, 4.69) is 5.32 Å². The van der Waals surface area contributed by atoms with E-state index < -0.39 is 9.84 Å². The maximum atomic E-state index is 11.4. The Balaban J connectivity index is 2.56. The largest absolute Gasteiger partial charge is 0.497 e. The Morgan fingerprint density at radius 1 is 1.41 bits per heavy atom. The first kappa shape index (κ1) is 13.5. The number of nitrogens with one attached hydrogen (secondary N) is 1. The van der Waals surface area contributed by atoms with Crippen molar-refractivity contribution in [3.63, 3.8) is 0 Å². The highest BCUT2D eigenvalue weighted by molar-refractivity contribution is 7.90. The van der Waals surface area contributed by atoms with E-state index in [1.165, 1.54) is 7.11 Å². The summed E-state index contributed by atoms with van der Waals surface area (Å²) in [5, 5.41) is 2.61. The molecule has 1 rings (SSSR count). The number of carbonyl (C=O) groups excluding carboxylic acids is 1. The zero-order chi connectivity index (χ0) is 12.9. The zero-order valence-electron chi connectivity index (χ0n) is 9.76. The molecule has 1 amide bonds. The van der Waals surface area contributed by atoms with E-state index >= 15 is 0 Å². The first-order valence-corrected chi connectivity index (χ1v) is 7.08. The summed E-state index contributed by atoms with van der Waals surface area (Å²) in [6.07, 6.45) is 1.06. The third-order valence-electron chi connectivity index (χ3n) is 2.05. The monoisotopic (exact) mass is 257 g/mol. The van der Waals surface area contributed by atoms with E-state index in [1.54, 1.807) is 24.3 Å². The van der Waals surface area contributed by atoms with Gasteiger partial charge < -0.3 is 10.1 Å². The van der Waals surface area contributed by atoms with Crippen molar-refractivity contribution in [2.24, 2.45) is 0 Å². The van der Waals surface area contributed by atoms with Crippen LogP contribution in [0.4, 0.5) is 5.69 Å². The molecule has 0 aliphatic heterocycles. The fourth-order valence-electron chi connectivity index (χ4n) is 1.20. The Kier molecular flexibility index (Phi) is 4.51. The SMILES string of the molecule is COc1cccc(NC(=O)CCS(C)(=O)=O)c1. The molecule has 94 valence electrons. The lowest BCUT2D eigenvalue weighted by atomic mass is 10.3. The second-order valence-electron chi connectivity index (χ2n) is 3.66. The predicted molar refractivity (Wildman–Crippen MR) is 66.0 cm³/mol.